The smallest absolute Gasteiger partial charge is 0.407 e. The lowest BCUT2D eigenvalue weighted by molar-refractivity contribution is -0.0854. The second kappa shape index (κ2) is 6.32. The van der Waals surface area contributed by atoms with Crippen LogP contribution in [0.5, 0.6) is 5.75 Å². The molecule has 0 aliphatic heterocycles. The Morgan fingerprint density at radius 1 is 1.28 bits per heavy atom. The first-order chi connectivity index (χ1) is 11.7. The van der Waals surface area contributed by atoms with Crippen LogP contribution in [0.1, 0.15) is 56.8 Å². The van der Waals surface area contributed by atoms with E-state index < -0.39 is 11.4 Å². The van der Waals surface area contributed by atoms with Gasteiger partial charge in [-0.05, 0) is 64.0 Å². The van der Waals surface area contributed by atoms with E-state index in [0.29, 0.717) is 12.0 Å². The monoisotopic (exact) mass is 349 g/mol. The fourth-order valence-electron chi connectivity index (χ4n) is 3.75. The minimum Gasteiger partial charge on any atom is -0.490 e. The maximum Gasteiger partial charge on any atom is 0.407 e. The van der Waals surface area contributed by atoms with Crippen molar-refractivity contribution in [1.29, 1.82) is 0 Å². The highest BCUT2D eigenvalue weighted by Gasteiger charge is 2.54. The van der Waals surface area contributed by atoms with Crippen molar-refractivity contribution in [3.63, 3.8) is 0 Å². The van der Waals surface area contributed by atoms with Crippen molar-refractivity contribution in [3.8, 4) is 5.75 Å². The van der Waals surface area contributed by atoms with Crippen LogP contribution in [0, 0.1) is 11.2 Å². The molecule has 3 rings (SSSR count). The van der Waals surface area contributed by atoms with Crippen molar-refractivity contribution in [3.05, 3.63) is 29.6 Å². The second-order valence-corrected chi connectivity index (χ2v) is 8.20. The van der Waals surface area contributed by atoms with Crippen LogP contribution in [0.2, 0.25) is 0 Å². The normalized spacial score (nSPS) is 27.8. The number of alkyl carbamates (subject to hydrolysis) is 1. The molecule has 2 fully saturated rings. The molecule has 5 nitrogen and oxygen atoms in total. The molecule has 1 N–H and O–H groups in total. The third-order valence-corrected chi connectivity index (χ3v) is 4.80. The number of nitrogens with one attached hydrogen (secondary N) is 1. The maximum atomic E-state index is 13.6. The average Bonchev–Trinajstić information content (AvgIpc) is 2.40. The van der Waals surface area contributed by atoms with E-state index in [1.54, 1.807) is 6.07 Å². The molecule has 0 saturated heterocycles. The number of rotatable bonds is 4. The summed E-state index contributed by atoms with van der Waals surface area (Å²) in [4.78, 5) is 22.4. The lowest BCUT2D eigenvalue weighted by Gasteiger charge is -2.57. The number of halogens is 1. The van der Waals surface area contributed by atoms with E-state index in [4.69, 9.17) is 9.47 Å². The number of benzene rings is 1. The highest BCUT2D eigenvalue weighted by atomic mass is 19.1. The van der Waals surface area contributed by atoms with Gasteiger partial charge in [-0.2, -0.15) is 0 Å². The summed E-state index contributed by atoms with van der Waals surface area (Å²) in [5.41, 5.74) is -0.228. The summed E-state index contributed by atoms with van der Waals surface area (Å²) < 4.78 is 24.6. The van der Waals surface area contributed by atoms with Gasteiger partial charge in [0.25, 0.3) is 0 Å². The summed E-state index contributed by atoms with van der Waals surface area (Å²) in [5.74, 6) is -0.113. The highest BCUT2D eigenvalue weighted by Crippen LogP contribution is 2.56. The first-order valence-corrected chi connectivity index (χ1v) is 8.59. The third kappa shape index (κ3) is 4.11. The minimum atomic E-state index is -0.563. The molecule has 0 bridgehead atoms. The fraction of sp³-hybridized carbons (Fsp3) is 0.579. The molecule has 0 unspecified atom stereocenters. The van der Waals surface area contributed by atoms with Gasteiger partial charge in [0.2, 0.25) is 0 Å². The standard InChI is InChI=1S/C19H24FNO4/c1-18(2,3)25-17(23)21-13-7-19(8-13)9-15(10-19)24-14-5-4-12(11-22)16(20)6-14/h4-6,11,13,15H,7-10H2,1-3H3,(H,21,23). The van der Waals surface area contributed by atoms with Gasteiger partial charge in [-0.25, -0.2) is 9.18 Å². The number of carbonyl (C=O) groups excluding carboxylic acids is 2. The van der Waals surface area contributed by atoms with Gasteiger partial charge < -0.3 is 14.8 Å². The zero-order chi connectivity index (χ0) is 18.2. The first-order valence-electron chi connectivity index (χ1n) is 8.59. The molecule has 25 heavy (non-hydrogen) atoms. The zero-order valence-electron chi connectivity index (χ0n) is 14.8. The summed E-state index contributed by atoms with van der Waals surface area (Å²) in [6, 6.07) is 4.45. The van der Waals surface area contributed by atoms with Crippen molar-refractivity contribution < 1.29 is 23.5 Å². The Labute approximate surface area is 146 Å². The molecule has 136 valence electrons. The van der Waals surface area contributed by atoms with Crippen LogP contribution < -0.4 is 10.1 Å². The quantitative estimate of drug-likeness (QED) is 0.839. The third-order valence-electron chi connectivity index (χ3n) is 4.80. The predicted octanol–water partition coefficient (Wildman–Crippen LogP) is 3.85. The van der Waals surface area contributed by atoms with Crippen molar-refractivity contribution >= 4 is 12.4 Å². The van der Waals surface area contributed by atoms with Crippen LogP contribution >= 0.6 is 0 Å². The van der Waals surface area contributed by atoms with Crippen LogP contribution in [-0.4, -0.2) is 30.1 Å². The first kappa shape index (κ1) is 17.7. The largest absolute Gasteiger partial charge is 0.490 e. The number of carbonyl (C=O) groups is 2. The topological polar surface area (TPSA) is 64.6 Å². The van der Waals surface area contributed by atoms with Gasteiger partial charge in [0, 0.05) is 12.1 Å². The number of amides is 1. The van der Waals surface area contributed by atoms with Crippen LogP contribution in [0.25, 0.3) is 0 Å². The molecular weight excluding hydrogens is 325 g/mol. The molecule has 1 aromatic rings. The number of hydrogen-bond donors (Lipinski definition) is 1. The average molecular weight is 349 g/mol. The fourth-order valence-corrected chi connectivity index (χ4v) is 3.75. The Morgan fingerprint density at radius 3 is 2.52 bits per heavy atom. The van der Waals surface area contributed by atoms with Crippen LogP contribution in [0.15, 0.2) is 18.2 Å². The predicted molar refractivity (Wildman–Crippen MR) is 90.3 cm³/mol. The summed E-state index contributed by atoms with van der Waals surface area (Å²) in [6.45, 7) is 5.52. The summed E-state index contributed by atoms with van der Waals surface area (Å²) in [5, 5.41) is 2.90. The summed E-state index contributed by atoms with van der Waals surface area (Å²) in [7, 11) is 0. The van der Waals surface area contributed by atoms with Gasteiger partial charge in [-0.3, -0.25) is 4.79 Å². The molecule has 1 spiro atoms. The number of hydrogen-bond acceptors (Lipinski definition) is 4. The Morgan fingerprint density at radius 2 is 1.96 bits per heavy atom. The number of aldehydes is 1. The lowest BCUT2D eigenvalue weighted by atomic mass is 9.53. The van der Waals surface area contributed by atoms with Gasteiger partial charge in [-0.15, -0.1) is 0 Å². The molecule has 0 atom stereocenters. The molecule has 0 radical (unpaired) electrons. The molecule has 0 heterocycles. The van der Waals surface area contributed by atoms with E-state index in [9.17, 15) is 14.0 Å². The molecular formula is C19H24FNO4. The maximum absolute atomic E-state index is 13.6. The van der Waals surface area contributed by atoms with Gasteiger partial charge in [0.05, 0.1) is 11.7 Å². The Bertz CT molecular complexity index is 668. The molecule has 2 aliphatic rings. The Balaban J connectivity index is 1.41. The Kier molecular flexibility index (Phi) is 4.47. The zero-order valence-corrected chi connectivity index (χ0v) is 14.8. The molecule has 1 amide bonds. The van der Waals surface area contributed by atoms with Crippen molar-refractivity contribution in [2.75, 3.05) is 0 Å². The van der Waals surface area contributed by atoms with Gasteiger partial charge >= 0.3 is 6.09 Å². The van der Waals surface area contributed by atoms with E-state index in [0.717, 1.165) is 25.7 Å². The minimum absolute atomic E-state index is 0.0347. The van der Waals surface area contributed by atoms with Crippen molar-refractivity contribution in [2.24, 2.45) is 5.41 Å². The van der Waals surface area contributed by atoms with E-state index in [1.165, 1.54) is 12.1 Å². The summed E-state index contributed by atoms with van der Waals surface area (Å²) >= 11 is 0. The molecule has 0 aromatic heterocycles. The SMILES string of the molecule is CC(C)(C)OC(=O)NC1CC2(C1)CC(Oc1ccc(C=O)c(F)c1)C2. The Hall–Kier alpha value is -2.11. The van der Waals surface area contributed by atoms with Crippen molar-refractivity contribution in [2.45, 2.75) is 64.2 Å². The molecule has 2 saturated carbocycles. The van der Waals surface area contributed by atoms with Crippen LogP contribution in [0.3, 0.4) is 0 Å². The molecule has 6 heteroatoms. The highest BCUT2D eigenvalue weighted by molar-refractivity contribution is 5.75. The second-order valence-electron chi connectivity index (χ2n) is 8.20. The van der Waals surface area contributed by atoms with Gasteiger partial charge in [-0.1, -0.05) is 0 Å². The van der Waals surface area contributed by atoms with Gasteiger partial charge in [0.1, 0.15) is 17.2 Å². The molecule has 1 aromatic carbocycles. The van der Waals surface area contributed by atoms with E-state index >= 15 is 0 Å². The lowest BCUT2D eigenvalue weighted by Crippen LogP contribution is -2.59. The number of ether oxygens (including phenoxy) is 2. The van der Waals surface area contributed by atoms with Gasteiger partial charge in [0.15, 0.2) is 6.29 Å². The molecule has 2 aliphatic carbocycles. The van der Waals surface area contributed by atoms with E-state index in [2.05, 4.69) is 5.32 Å². The van der Waals surface area contributed by atoms with Crippen LogP contribution in [-0.2, 0) is 4.74 Å². The summed E-state index contributed by atoms with van der Waals surface area (Å²) in [6.07, 6.45) is 3.82. The van der Waals surface area contributed by atoms with Crippen molar-refractivity contribution in [1.82, 2.24) is 5.32 Å². The van der Waals surface area contributed by atoms with E-state index in [-0.39, 0.29) is 29.2 Å². The van der Waals surface area contributed by atoms with Crippen LogP contribution in [0.4, 0.5) is 9.18 Å². The van der Waals surface area contributed by atoms with E-state index in [1.807, 2.05) is 20.8 Å².